The Hall–Kier alpha value is -2.37. The topological polar surface area (TPSA) is 86.8 Å². The van der Waals surface area contributed by atoms with E-state index in [1.807, 2.05) is 13.0 Å². The molecule has 2 amide bonds. The summed E-state index contributed by atoms with van der Waals surface area (Å²) in [7, 11) is -3.59. The Morgan fingerprint density at radius 2 is 1.81 bits per heavy atom. The first-order valence-electron chi connectivity index (χ1n) is 8.81. The number of rotatable bonds is 6. The van der Waals surface area contributed by atoms with E-state index in [1.165, 1.54) is 4.31 Å². The number of nitrogens with one attached hydrogen (secondary N) is 1. The van der Waals surface area contributed by atoms with Crippen LogP contribution in [0.1, 0.15) is 24.0 Å². The van der Waals surface area contributed by atoms with Crippen molar-refractivity contribution in [2.24, 2.45) is 0 Å². The molecule has 0 aromatic heterocycles. The molecule has 1 aliphatic rings. The molecule has 1 N–H and O–H groups in total. The molecule has 0 saturated carbocycles. The molecule has 1 heterocycles. The second kappa shape index (κ2) is 9.02. The molecule has 8 heteroatoms. The summed E-state index contributed by atoms with van der Waals surface area (Å²) in [5.74, 6) is 1.88. The molecule has 1 aromatic carbocycles. The molecule has 1 aliphatic heterocycles. The Labute approximate surface area is 160 Å². The minimum atomic E-state index is -3.59. The highest BCUT2D eigenvalue weighted by atomic mass is 32.2. The maximum absolute atomic E-state index is 12.9. The van der Waals surface area contributed by atoms with Gasteiger partial charge in [0.1, 0.15) is 0 Å². The lowest BCUT2D eigenvalue weighted by molar-refractivity contribution is -0.134. The smallest absolute Gasteiger partial charge is 0.243 e. The summed E-state index contributed by atoms with van der Waals surface area (Å²) in [4.78, 5) is 25.7. The molecule has 1 saturated heterocycles. The van der Waals surface area contributed by atoms with Crippen molar-refractivity contribution < 1.29 is 18.0 Å². The molecule has 0 aliphatic carbocycles. The molecular weight excluding hydrogens is 366 g/mol. The van der Waals surface area contributed by atoms with Crippen LogP contribution >= 0.6 is 0 Å². The van der Waals surface area contributed by atoms with Crippen LogP contribution < -0.4 is 5.32 Å². The van der Waals surface area contributed by atoms with E-state index in [4.69, 9.17) is 6.42 Å². The number of carbonyl (C=O) groups excluding carboxylic acids is 2. The minimum absolute atomic E-state index is 0.0709. The lowest BCUT2D eigenvalue weighted by Gasteiger charge is -2.34. The molecule has 146 valence electrons. The van der Waals surface area contributed by atoms with E-state index >= 15 is 0 Å². The van der Waals surface area contributed by atoms with Gasteiger partial charge in [0.05, 0.1) is 11.4 Å². The lowest BCUT2D eigenvalue weighted by atomic mass is 10.2. The summed E-state index contributed by atoms with van der Waals surface area (Å²) in [6.45, 7) is 4.88. The van der Waals surface area contributed by atoms with Crippen LogP contribution in [0.2, 0.25) is 0 Å². The van der Waals surface area contributed by atoms with Crippen molar-refractivity contribution in [3.8, 4) is 12.3 Å². The number of hydrogen-bond donors (Lipinski definition) is 1. The van der Waals surface area contributed by atoms with Gasteiger partial charge in [-0.05, 0) is 31.0 Å². The number of amides is 2. The second-order valence-electron chi connectivity index (χ2n) is 6.53. The molecule has 0 atom stereocenters. The number of aryl methyl sites for hydroxylation is 2. The van der Waals surface area contributed by atoms with Gasteiger partial charge in [-0.3, -0.25) is 9.59 Å². The van der Waals surface area contributed by atoms with E-state index in [2.05, 4.69) is 11.2 Å². The van der Waals surface area contributed by atoms with Crippen molar-refractivity contribution in [1.82, 2.24) is 14.5 Å². The fourth-order valence-electron chi connectivity index (χ4n) is 2.92. The quantitative estimate of drug-likeness (QED) is 0.722. The first kappa shape index (κ1) is 20.9. The zero-order valence-electron chi connectivity index (χ0n) is 15.7. The van der Waals surface area contributed by atoms with Crippen LogP contribution in [0.4, 0.5) is 0 Å². The highest BCUT2D eigenvalue weighted by Gasteiger charge is 2.31. The summed E-state index contributed by atoms with van der Waals surface area (Å²) in [6, 6.07) is 5.36. The van der Waals surface area contributed by atoms with Gasteiger partial charge in [-0.1, -0.05) is 18.1 Å². The first-order valence-corrected chi connectivity index (χ1v) is 10.2. The van der Waals surface area contributed by atoms with Gasteiger partial charge in [-0.25, -0.2) is 8.42 Å². The van der Waals surface area contributed by atoms with Gasteiger partial charge in [0.15, 0.2) is 0 Å². The van der Waals surface area contributed by atoms with Crippen molar-refractivity contribution >= 4 is 21.8 Å². The third-order valence-corrected chi connectivity index (χ3v) is 6.55. The van der Waals surface area contributed by atoms with E-state index in [0.717, 1.165) is 5.56 Å². The van der Waals surface area contributed by atoms with Crippen LogP contribution in [0.15, 0.2) is 23.1 Å². The molecule has 27 heavy (non-hydrogen) atoms. The summed E-state index contributed by atoms with van der Waals surface area (Å²) in [5, 5.41) is 2.51. The number of sulfonamides is 1. The standard InChI is InChI=1S/C19H25N3O4S/c1-4-9-20-18(23)7-8-19(24)21-10-12-22(13-11-21)27(25,26)17-14-15(2)5-6-16(17)3/h1,5-6,14H,7-13H2,2-3H3,(H,20,23). The van der Waals surface area contributed by atoms with Crippen LogP contribution in [0.3, 0.4) is 0 Å². The molecule has 1 aromatic rings. The van der Waals surface area contributed by atoms with Crippen molar-refractivity contribution in [1.29, 1.82) is 0 Å². The minimum Gasteiger partial charge on any atom is -0.345 e. The maximum atomic E-state index is 12.9. The Bertz CT molecular complexity index is 850. The summed E-state index contributed by atoms with van der Waals surface area (Å²) < 4.78 is 27.2. The Morgan fingerprint density at radius 3 is 2.44 bits per heavy atom. The maximum Gasteiger partial charge on any atom is 0.243 e. The molecule has 7 nitrogen and oxygen atoms in total. The number of nitrogens with zero attached hydrogens (tertiary/aromatic N) is 2. The number of terminal acetylenes is 1. The van der Waals surface area contributed by atoms with Crippen LogP contribution in [0.5, 0.6) is 0 Å². The zero-order chi connectivity index (χ0) is 20.0. The van der Waals surface area contributed by atoms with E-state index < -0.39 is 10.0 Å². The predicted molar refractivity (Wildman–Crippen MR) is 102 cm³/mol. The fourth-order valence-corrected chi connectivity index (χ4v) is 4.65. The highest BCUT2D eigenvalue weighted by Crippen LogP contribution is 2.22. The van der Waals surface area contributed by atoms with Gasteiger partial charge >= 0.3 is 0 Å². The molecule has 0 bridgehead atoms. The van der Waals surface area contributed by atoms with Gasteiger partial charge in [-0.15, -0.1) is 6.42 Å². The van der Waals surface area contributed by atoms with E-state index in [9.17, 15) is 18.0 Å². The van der Waals surface area contributed by atoms with Gasteiger partial charge in [-0.2, -0.15) is 4.31 Å². The van der Waals surface area contributed by atoms with Gasteiger partial charge in [0, 0.05) is 39.0 Å². The van der Waals surface area contributed by atoms with Crippen molar-refractivity contribution in [2.45, 2.75) is 31.6 Å². The predicted octanol–water partition coefficient (Wildman–Crippen LogP) is 0.666. The number of carbonyl (C=O) groups is 2. The Balaban J connectivity index is 1.93. The zero-order valence-corrected chi connectivity index (χ0v) is 16.5. The van der Waals surface area contributed by atoms with Crippen molar-refractivity contribution in [3.63, 3.8) is 0 Å². The monoisotopic (exact) mass is 391 g/mol. The van der Waals surface area contributed by atoms with Crippen LogP contribution in [-0.2, 0) is 19.6 Å². The molecular formula is C19H25N3O4S. The third kappa shape index (κ3) is 5.31. The average molecular weight is 391 g/mol. The van der Waals surface area contributed by atoms with Crippen molar-refractivity contribution in [3.05, 3.63) is 29.3 Å². The molecule has 1 fully saturated rings. The van der Waals surface area contributed by atoms with Gasteiger partial charge in [0.25, 0.3) is 0 Å². The van der Waals surface area contributed by atoms with Gasteiger partial charge in [0.2, 0.25) is 21.8 Å². The fraction of sp³-hybridized carbons (Fsp3) is 0.474. The molecule has 0 unspecified atom stereocenters. The molecule has 0 spiro atoms. The number of benzene rings is 1. The number of hydrogen-bond acceptors (Lipinski definition) is 4. The van der Waals surface area contributed by atoms with Crippen LogP contribution in [-0.4, -0.2) is 62.2 Å². The second-order valence-corrected chi connectivity index (χ2v) is 8.44. The summed E-state index contributed by atoms with van der Waals surface area (Å²) >= 11 is 0. The Morgan fingerprint density at radius 1 is 1.15 bits per heavy atom. The van der Waals surface area contributed by atoms with Crippen molar-refractivity contribution in [2.75, 3.05) is 32.7 Å². The Kier molecular flexibility index (Phi) is 6.99. The summed E-state index contributed by atoms with van der Waals surface area (Å²) in [5.41, 5.74) is 1.59. The van der Waals surface area contributed by atoms with E-state index in [-0.39, 0.29) is 44.3 Å². The lowest BCUT2D eigenvalue weighted by Crippen LogP contribution is -2.50. The average Bonchev–Trinajstić information content (AvgIpc) is 2.66. The summed E-state index contributed by atoms with van der Waals surface area (Å²) in [6.07, 6.45) is 5.22. The normalized spacial score (nSPS) is 15.2. The SMILES string of the molecule is C#CCNC(=O)CCC(=O)N1CCN(S(=O)(=O)c2cc(C)ccc2C)CC1. The van der Waals surface area contributed by atoms with Gasteiger partial charge < -0.3 is 10.2 Å². The highest BCUT2D eigenvalue weighted by molar-refractivity contribution is 7.89. The van der Waals surface area contributed by atoms with Crippen LogP contribution in [0, 0.1) is 26.2 Å². The third-order valence-electron chi connectivity index (χ3n) is 4.51. The number of piperazine rings is 1. The van der Waals surface area contributed by atoms with Crippen LogP contribution in [0.25, 0.3) is 0 Å². The largest absolute Gasteiger partial charge is 0.345 e. The first-order chi connectivity index (χ1) is 12.8. The molecule has 2 rings (SSSR count). The molecule has 0 radical (unpaired) electrons. The van der Waals surface area contributed by atoms with E-state index in [0.29, 0.717) is 23.5 Å². The van der Waals surface area contributed by atoms with E-state index in [1.54, 1.807) is 24.0 Å².